The van der Waals surface area contributed by atoms with Gasteiger partial charge in [-0.3, -0.25) is 4.79 Å². The smallest absolute Gasteiger partial charge is 0.225 e. The Bertz CT molecular complexity index is 604. The summed E-state index contributed by atoms with van der Waals surface area (Å²) in [6, 6.07) is 10.9. The second kappa shape index (κ2) is 6.50. The zero-order chi connectivity index (χ0) is 13.7. The van der Waals surface area contributed by atoms with Gasteiger partial charge in [-0.15, -0.1) is 0 Å². The molecule has 3 nitrogen and oxygen atoms in total. The molecule has 1 amide bonds. The number of carbonyl (C=O) groups is 1. The van der Waals surface area contributed by atoms with Gasteiger partial charge in [0, 0.05) is 4.47 Å². The highest BCUT2D eigenvalue weighted by molar-refractivity contribution is 9.10. The van der Waals surface area contributed by atoms with Crippen molar-refractivity contribution in [2.75, 3.05) is 0 Å². The van der Waals surface area contributed by atoms with E-state index in [0.717, 1.165) is 15.6 Å². The normalized spacial score (nSPS) is 11.6. The highest BCUT2D eigenvalue weighted by Gasteiger charge is 2.15. The van der Waals surface area contributed by atoms with Crippen molar-refractivity contribution in [3.8, 4) is 6.07 Å². The van der Waals surface area contributed by atoms with Crippen LogP contribution in [0, 0.1) is 11.3 Å². The van der Waals surface area contributed by atoms with Crippen LogP contribution < -0.4 is 5.32 Å². The van der Waals surface area contributed by atoms with E-state index in [-0.39, 0.29) is 12.3 Å². The number of nitriles is 1. The molecule has 0 saturated carbocycles. The molecule has 1 atom stereocenters. The molecule has 0 fully saturated rings. The summed E-state index contributed by atoms with van der Waals surface area (Å²) in [5, 5.41) is 15.6. The van der Waals surface area contributed by atoms with Crippen LogP contribution >= 0.6 is 27.3 Å². The number of nitrogens with one attached hydrogen (secondary N) is 1. The van der Waals surface area contributed by atoms with E-state index in [9.17, 15) is 4.79 Å². The van der Waals surface area contributed by atoms with Gasteiger partial charge in [0.2, 0.25) is 5.91 Å². The summed E-state index contributed by atoms with van der Waals surface area (Å²) >= 11 is 4.91. The molecule has 0 bridgehead atoms. The van der Waals surface area contributed by atoms with Gasteiger partial charge in [-0.2, -0.15) is 16.6 Å². The van der Waals surface area contributed by atoms with E-state index in [0.29, 0.717) is 0 Å². The minimum atomic E-state index is -0.582. The third-order valence-corrected chi connectivity index (χ3v) is 4.09. The molecular weight excluding hydrogens is 324 g/mol. The van der Waals surface area contributed by atoms with Gasteiger partial charge in [0.25, 0.3) is 0 Å². The molecule has 1 unspecified atom stereocenters. The van der Waals surface area contributed by atoms with Crippen molar-refractivity contribution in [3.63, 3.8) is 0 Å². The van der Waals surface area contributed by atoms with E-state index < -0.39 is 6.04 Å². The molecule has 0 aliphatic rings. The number of hydrogen-bond acceptors (Lipinski definition) is 3. The molecule has 5 heteroatoms. The number of rotatable bonds is 4. The van der Waals surface area contributed by atoms with Crippen molar-refractivity contribution in [1.29, 1.82) is 5.26 Å². The molecule has 1 heterocycles. The maximum absolute atomic E-state index is 11.9. The first kappa shape index (κ1) is 13.8. The summed E-state index contributed by atoms with van der Waals surface area (Å²) < 4.78 is 0.897. The summed E-state index contributed by atoms with van der Waals surface area (Å²) in [7, 11) is 0. The van der Waals surface area contributed by atoms with Gasteiger partial charge in [0.15, 0.2) is 0 Å². The number of hydrogen-bond donors (Lipinski definition) is 1. The zero-order valence-corrected chi connectivity index (χ0v) is 12.4. The predicted octanol–water partition coefficient (Wildman–Crippen LogP) is 3.43. The maximum Gasteiger partial charge on any atom is 0.225 e. The van der Waals surface area contributed by atoms with E-state index >= 15 is 0 Å². The molecule has 1 aromatic carbocycles. The average molecular weight is 335 g/mol. The van der Waals surface area contributed by atoms with Gasteiger partial charge < -0.3 is 5.32 Å². The SMILES string of the molecule is N#CC(NC(=O)Cc1ccccc1Br)c1ccsc1. The Morgan fingerprint density at radius 1 is 1.42 bits per heavy atom. The number of amides is 1. The fourth-order valence-corrected chi connectivity index (χ4v) is 2.77. The molecule has 96 valence electrons. The summed E-state index contributed by atoms with van der Waals surface area (Å²) in [5.41, 5.74) is 1.73. The third-order valence-electron chi connectivity index (χ3n) is 2.62. The lowest BCUT2D eigenvalue weighted by molar-refractivity contribution is -0.120. The molecule has 0 radical (unpaired) electrons. The van der Waals surface area contributed by atoms with Crippen molar-refractivity contribution in [2.45, 2.75) is 12.5 Å². The van der Waals surface area contributed by atoms with Crippen LogP contribution in [0.2, 0.25) is 0 Å². The quantitative estimate of drug-likeness (QED) is 0.931. The lowest BCUT2D eigenvalue weighted by Crippen LogP contribution is -2.28. The van der Waals surface area contributed by atoms with Crippen LogP contribution in [-0.4, -0.2) is 5.91 Å². The molecule has 0 saturated heterocycles. The Balaban J connectivity index is 2.02. The van der Waals surface area contributed by atoms with Gasteiger partial charge in [-0.05, 0) is 34.0 Å². The van der Waals surface area contributed by atoms with Crippen LogP contribution in [0.3, 0.4) is 0 Å². The zero-order valence-electron chi connectivity index (χ0n) is 9.97. The second-order valence-electron chi connectivity index (χ2n) is 3.95. The van der Waals surface area contributed by atoms with Crippen molar-refractivity contribution < 1.29 is 4.79 Å². The summed E-state index contributed by atoms with van der Waals surface area (Å²) in [5.74, 6) is -0.162. The third kappa shape index (κ3) is 3.66. The minimum absolute atomic E-state index is 0.162. The van der Waals surface area contributed by atoms with Crippen LogP contribution in [0.25, 0.3) is 0 Å². The number of halogens is 1. The highest BCUT2D eigenvalue weighted by atomic mass is 79.9. The van der Waals surface area contributed by atoms with Gasteiger partial charge in [-0.1, -0.05) is 34.1 Å². The first-order valence-electron chi connectivity index (χ1n) is 5.65. The van der Waals surface area contributed by atoms with Gasteiger partial charge in [-0.25, -0.2) is 0 Å². The average Bonchev–Trinajstić information content (AvgIpc) is 2.92. The second-order valence-corrected chi connectivity index (χ2v) is 5.59. The van der Waals surface area contributed by atoms with Crippen LogP contribution in [0.5, 0.6) is 0 Å². The van der Waals surface area contributed by atoms with Crippen molar-refractivity contribution in [3.05, 3.63) is 56.7 Å². The number of nitrogens with zero attached hydrogens (tertiary/aromatic N) is 1. The summed E-state index contributed by atoms with van der Waals surface area (Å²) in [4.78, 5) is 11.9. The van der Waals surface area contributed by atoms with E-state index in [4.69, 9.17) is 5.26 Å². The molecule has 2 rings (SSSR count). The largest absolute Gasteiger partial charge is 0.336 e. The Labute approximate surface area is 124 Å². The molecule has 2 aromatic rings. The Kier molecular flexibility index (Phi) is 4.72. The standard InChI is InChI=1S/C14H11BrN2OS/c15-12-4-2-1-3-10(12)7-14(18)17-13(8-16)11-5-6-19-9-11/h1-6,9,13H,7H2,(H,17,18). The van der Waals surface area contributed by atoms with Crippen LogP contribution in [-0.2, 0) is 11.2 Å². The summed E-state index contributed by atoms with van der Waals surface area (Å²) in [6.07, 6.45) is 0.254. The van der Waals surface area contributed by atoms with Crippen molar-refractivity contribution in [1.82, 2.24) is 5.32 Å². The lowest BCUT2D eigenvalue weighted by atomic mass is 10.1. The van der Waals surface area contributed by atoms with E-state index in [1.165, 1.54) is 11.3 Å². The number of carbonyl (C=O) groups excluding carboxylic acids is 1. The van der Waals surface area contributed by atoms with E-state index in [2.05, 4.69) is 27.3 Å². The fraction of sp³-hybridized carbons (Fsp3) is 0.143. The molecule has 19 heavy (non-hydrogen) atoms. The van der Waals surface area contributed by atoms with Crippen LogP contribution in [0.4, 0.5) is 0 Å². The van der Waals surface area contributed by atoms with Gasteiger partial charge in [0.05, 0.1) is 12.5 Å². The fourth-order valence-electron chi connectivity index (χ4n) is 1.66. The molecule has 0 aliphatic carbocycles. The molecule has 1 N–H and O–H groups in total. The first-order chi connectivity index (χ1) is 9.20. The Morgan fingerprint density at radius 3 is 2.84 bits per heavy atom. The lowest BCUT2D eigenvalue weighted by Gasteiger charge is -2.10. The molecule has 0 aliphatic heterocycles. The van der Waals surface area contributed by atoms with Crippen molar-refractivity contribution in [2.24, 2.45) is 0 Å². The Morgan fingerprint density at radius 2 is 2.21 bits per heavy atom. The molecule has 0 spiro atoms. The van der Waals surface area contributed by atoms with E-state index in [1.807, 2.05) is 41.1 Å². The van der Waals surface area contributed by atoms with Crippen LogP contribution in [0.15, 0.2) is 45.6 Å². The van der Waals surface area contributed by atoms with Crippen LogP contribution in [0.1, 0.15) is 17.2 Å². The van der Waals surface area contributed by atoms with Gasteiger partial charge in [0.1, 0.15) is 6.04 Å². The maximum atomic E-state index is 11.9. The Hall–Kier alpha value is -1.64. The topological polar surface area (TPSA) is 52.9 Å². The summed E-state index contributed by atoms with van der Waals surface area (Å²) in [6.45, 7) is 0. The van der Waals surface area contributed by atoms with Crippen molar-refractivity contribution >= 4 is 33.2 Å². The predicted molar refractivity (Wildman–Crippen MR) is 78.7 cm³/mol. The number of benzene rings is 1. The first-order valence-corrected chi connectivity index (χ1v) is 7.39. The number of thiophene rings is 1. The highest BCUT2D eigenvalue weighted by Crippen LogP contribution is 2.18. The molecule has 1 aromatic heterocycles. The monoisotopic (exact) mass is 334 g/mol. The van der Waals surface area contributed by atoms with E-state index in [1.54, 1.807) is 0 Å². The molecular formula is C14H11BrN2OS. The van der Waals surface area contributed by atoms with Gasteiger partial charge >= 0.3 is 0 Å². The minimum Gasteiger partial charge on any atom is -0.336 e.